The number of carbonyl (C=O) groups is 1. The van der Waals surface area contributed by atoms with E-state index in [9.17, 15) is 4.79 Å². The van der Waals surface area contributed by atoms with Crippen LogP contribution in [0.5, 0.6) is 0 Å². The molecule has 5 heteroatoms. The summed E-state index contributed by atoms with van der Waals surface area (Å²) in [5, 5.41) is 0.143. The fourth-order valence-electron chi connectivity index (χ4n) is 3.62. The molecule has 1 aromatic carbocycles. The summed E-state index contributed by atoms with van der Waals surface area (Å²) in [7, 11) is -1.93. The zero-order chi connectivity index (χ0) is 18.5. The summed E-state index contributed by atoms with van der Waals surface area (Å²) in [5.41, 5.74) is 6.83. The average Bonchev–Trinajstić information content (AvgIpc) is 2.75. The van der Waals surface area contributed by atoms with E-state index in [-0.39, 0.29) is 22.6 Å². The van der Waals surface area contributed by atoms with Gasteiger partial charge in [-0.15, -0.1) is 0 Å². The third-order valence-electron chi connectivity index (χ3n) is 6.01. The van der Waals surface area contributed by atoms with Gasteiger partial charge >= 0.3 is 0 Å². The van der Waals surface area contributed by atoms with Gasteiger partial charge in [-0.1, -0.05) is 45.1 Å². The summed E-state index contributed by atoms with van der Waals surface area (Å²) in [6.45, 7) is 11.9. The Labute approximate surface area is 152 Å². The first-order chi connectivity index (χ1) is 11.5. The summed E-state index contributed by atoms with van der Waals surface area (Å²) in [6.07, 6.45) is 6.16. The summed E-state index contributed by atoms with van der Waals surface area (Å²) in [6, 6.07) is 7.52. The molecule has 25 heavy (non-hydrogen) atoms. The van der Waals surface area contributed by atoms with Gasteiger partial charge in [-0.25, -0.2) is 0 Å². The predicted molar refractivity (Wildman–Crippen MR) is 105 cm³/mol. The van der Waals surface area contributed by atoms with Crippen LogP contribution in [0.3, 0.4) is 0 Å². The zero-order valence-corrected chi connectivity index (χ0v) is 17.0. The second-order valence-corrected chi connectivity index (χ2v) is 13.7. The number of nitrogen functional groups attached to an aromatic ring is 1. The van der Waals surface area contributed by atoms with Crippen LogP contribution in [-0.2, 0) is 4.43 Å². The summed E-state index contributed by atoms with van der Waals surface area (Å²) >= 11 is 0. The molecule has 1 heterocycles. The van der Waals surface area contributed by atoms with Crippen LogP contribution in [0.25, 0.3) is 0 Å². The van der Waals surface area contributed by atoms with Crippen molar-refractivity contribution >= 4 is 19.9 Å². The summed E-state index contributed by atoms with van der Waals surface area (Å²) in [4.78, 5) is 15.1. The fourth-order valence-corrected chi connectivity index (χ4v) is 5.15. The molecule has 3 rings (SSSR count). The van der Waals surface area contributed by atoms with E-state index in [1.54, 1.807) is 6.07 Å². The quantitative estimate of drug-likeness (QED) is 0.500. The highest BCUT2D eigenvalue weighted by atomic mass is 28.4. The lowest BCUT2D eigenvalue weighted by Crippen LogP contribution is -2.50. The highest BCUT2D eigenvalue weighted by Crippen LogP contribution is 2.45. The number of benzene rings is 1. The molecule has 1 aliphatic heterocycles. The molecule has 1 saturated heterocycles. The number of hydrogen-bond acceptors (Lipinski definition) is 3. The van der Waals surface area contributed by atoms with Crippen molar-refractivity contribution in [3.8, 4) is 0 Å². The maximum atomic E-state index is 13.1. The molecule has 1 aliphatic carbocycles. The topological polar surface area (TPSA) is 55.6 Å². The molecule has 0 unspecified atom stereocenters. The van der Waals surface area contributed by atoms with Crippen molar-refractivity contribution in [3.63, 3.8) is 0 Å². The number of nitrogens with two attached hydrogens (primary N) is 1. The van der Waals surface area contributed by atoms with E-state index in [4.69, 9.17) is 10.2 Å². The van der Waals surface area contributed by atoms with Crippen LogP contribution >= 0.6 is 0 Å². The molecule has 1 aromatic rings. The van der Waals surface area contributed by atoms with Gasteiger partial charge in [0, 0.05) is 18.2 Å². The molecular weight excluding hydrogens is 328 g/mol. The van der Waals surface area contributed by atoms with Gasteiger partial charge < -0.3 is 15.1 Å². The minimum atomic E-state index is -1.93. The largest absolute Gasteiger partial charge is 0.406 e. The number of hydrogen-bond donors (Lipinski definition) is 1. The van der Waals surface area contributed by atoms with Crippen LogP contribution in [0.15, 0.2) is 36.4 Å². The van der Waals surface area contributed by atoms with Gasteiger partial charge in [-0.2, -0.15) is 0 Å². The van der Waals surface area contributed by atoms with Gasteiger partial charge in [0.05, 0.1) is 17.7 Å². The Bertz CT molecular complexity index is 708. The van der Waals surface area contributed by atoms with Crippen molar-refractivity contribution in [3.05, 3.63) is 42.0 Å². The van der Waals surface area contributed by atoms with Gasteiger partial charge in [-0.05, 0) is 36.7 Å². The smallest absolute Gasteiger partial charge is 0.256 e. The number of likely N-dealkylation sites (tertiary alicyclic amines) is 1. The predicted octanol–water partition coefficient (Wildman–Crippen LogP) is 4.20. The monoisotopic (exact) mass is 358 g/mol. The Morgan fingerprint density at radius 1 is 1.32 bits per heavy atom. The third-order valence-corrected chi connectivity index (χ3v) is 10.5. The Hall–Kier alpha value is -1.59. The van der Waals surface area contributed by atoms with E-state index < -0.39 is 8.32 Å². The number of rotatable bonds is 3. The maximum Gasteiger partial charge on any atom is 0.256 e. The molecule has 1 fully saturated rings. The normalized spacial score (nSPS) is 26.1. The molecule has 2 bridgehead atoms. The number of carbonyl (C=O) groups excluding carboxylic acids is 1. The minimum Gasteiger partial charge on any atom is -0.406 e. The van der Waals surface area contributed by atoms with Gasteiger partial charge in [-0.3, -0.25) is 4.79 Å². The standard InChI is InChI=1S/C20H30N2O2Si/c1-19(2,3)25(4,5)24-20-12-8-9-15(13-20)22(14-20)18(23)16-10-6-7-11-17(16)21/h6-8,10-12,15H,9,13-14,21H2,1-5H3/t15-,20-/m1/s1. The van der Waals surface area contributed by atoms with E-state index in [2.05, 4.69) is 46.0 Å². The number of amides is 1. The number of para-hydroxylation sites is 1. The summed E-state index contributed by atoms with van der Waals surface area (Å²) < 4.78 is 6.80. The summed E-state index contributed by atoms with van der Waals surface area (Å²) in [5.74, 6) is 0.0208. The van der Waals surface area contributed by atoms with Crippen molar-refractivity contribution in [2.75, 3.05) is 12.3 Å². The van der Waals surface area contributed by atoms with Crippen LogP contribution in [-0.4, -0.2) is 37.3 Å². The molecule has 2 N–H and O–H groups in total. The van der Waals surface area contributed by atoms with Crippen molar-refractivity contribution in [1.82, 2.24) is 4.90 Å². The van der Waals surface area contributed by atoms with E-state index in [1.165, 1.54) is 0 Å². The van der Waals surface area contributed by atoms with Crippen molar-refractivity contribution in [2.24, 2.45) is 0 Å². The lowest BCUT2D eigenvalue weighted by atomic mass is 9.93. The molecular formula is C20H30N2O2Si. The SMILES string of the molecule is CC(C)(C)[Si](C)(C)O[C@]12C=CC[C@H](C1)N(C(=O)c1ccccc1N)C2. The number of anilines is 1. The lowest BCUT2D eigenvalue weighted by molar-refractivity contribution is 0.0690. The van der Waals surface area contributed by atoms with E-state index in [0.717, 1.165) is 12.8 Å². The van der Waals surface area contributed by atoms with Crippen LogP contribution in [0.4, 0.5) is 5.69 Å². The molecule has 4 nitrogen and oxygen atoms in total. The van der Waals surface area contributed by atoms with Crippen LogP contribution in [0.1, 0.15) is 44.0 Å². The lowest BCUT2D eigenvalue weighted by Gasteiger charge is -2.43. The van der Waals surface area contributed by atoms with Gasteiger partial charge in [0.1, 0.15) is 0 Å². The third kappa shape index (κ3) is 3.27. The average molecular weight is 359 g/mol. The molecule has 0 spiro atoms. The molecule has 0 aromatic heterocycles. The highest BCUT2D eigenvalue weighted by Gasteiger charge is 2.52. The van der Waals surface area contributed by atoms with Crippen molar-refractivity contribution in [1.29, 1.82) is 0 Å². The minimum absolute atomic E-state index is 0.0208. The van der Waals surface area contributed by atoms with Crippen LogP contribution in [0, 0.1) is 0 Å². The highest BCUT2D eigenvalue weighted by molar-refractivity contribution is 6.74. The second-order valence-electron chi connectivity index (χ2n) is 8.94. The molecule has 136 valence electrons. The van der Waals surface area contributed by atoms with Crippen LogP contribution < -0.4 is 5.73 Å². The van der Waals surface area contributed by atoms with Crippen molar-refractivity contribution in [2.45, 2.75) is 63.4 Å². The van der Waals surface area contributed by atoms with E-state index in [0.29, 0.717) is 17.8 Å². The van der Waals surface area contributed by atoms with Gasteiger partial charge in [0.2, 0.25) is 0 Å². The Balaban J connectivity index is 1.86. The Morgan fingerprint density at radius 3 is 2.64 bits per heavy atom. The van der Waals surface area contributed by atoms with Crippen molar-refractivity contribution < 1.29 is 9.22 Å². The van der Waals surface area contributed by atoms with E-state index >= 15 is 0 Å². The first-order valence-corrected chi connectivity index (χ1v) is 12.0. The molecule has 0 saturated carbocycles. The maximum absolute atomic E-state index is 13.1. The van der Waals surface area contributed by atoms with Gasteiger partial charge in [0.25, 0.3) is 5.91 Å². The first-order valence-electron chi connectivity index (χ1n) is 9.08. The molecule has 0 radical (unpaired) electrons. The first kappa shape index (κ1) is 18.2. The second kappa shape index (κ2) is 5.99. The number of fused-ring (bicyclic) bond motifs is 2. The Morgan fingerprint density at radius 2 is 2.00 bits per heavy atom. The molecule has 1 amide bonds. The zero-order valence-electron chi connectivity index (χ0n) is 16.0. The molecule has 2 atom stereocenters. The van der Waals surface area contributed by atoms with E-state index in [1.807, 2.05) is 23.1 Å². The number of nitrogens with zero attached hydrogens (tertiary/aromatic N) is 1. The fraction of sp³-hybridized carbons (Fsp3) is 0.550. The van der Waals surface area contributed by atoms with Gasteiger partial charge in [0.15, 0.2) is 8.32 Å². The Kier molecular flexibility index (Phi) is 4.36. The van der Waals surface area contributed by atoms with Crippen LogP contribution in [0.2, 0.25) is 18.1 Å². The molecule has 2 aliphatic rings.